The summed E-state index contributed by atoms with van der Waals surface area (Å²) in [6.07, 6.45) is 2.61. The average Bonchev–Trinajstić information content (AvgIpc) is 2.46. The first-order valence-corrected chi connectivity index (χ1v) is 7.97. The van der Waals surface area contributed by atoms with Crippen LogP contribution in [0, 0.1) is 12.8 Å². The van der Waals surface area contributed by atoms with Crippen molar-refractivity contribution < 1.29 is 0 Å². The molecule has 3 heteroatoms. The molecule has 0 unspecified atom stereocenters. The third-order valence-electron chi connectivity index (χ3n) is 4.59. The van der Waals surface area contributed by atoms with E-state index in [1.165, 1.54) is 56.8 Å². The smallest absolute Gasteiger partial charge is 0.0397 e. The fourth-order valence-corrected chi connectivity index (χ4v) is 3.24. The van der Waals surface area contributed by atoms with Gasteiger partial charge in [0.2, 0.25) is 0 Å². The molecule has 1 aliphatic heterocycles. The van der Waals surface area contributed by atoms with Crippen LogP contribution in [0.25, 0.3) is 0 Å². The Hall–Kier alpha value is -1.22. The Morgan fingerprint density at radius 2 is 1.85 bits per heavy atom. The fourth-order valence-electron chi connectivity index (χ4n) is 3.24. The van der Waals surface area contributed by atoms with Gasteiger partial charge in [-0.2, -0.15) is 0 Å². The Labute approximate surface area is 123 Å². The summed E-state index contributed by atoms with van der Waals surface area (Å²) in [7, 11) is 0. The highest BCUT2D eigenvalue weighted by molar-refractivity contribution is 5.59. The molecule has 0 atom stereocenters. The average molecular weight is 275 g/mol. The number of anilines is 2. The number of nitrogens with zero attached hydrogens (tertiary/aromatic N) is 2. The summed E-state index contributed by atoms with van der Waals surface area (Å²) < 4.78 is 0. The van der Waals surface area contributed by atoms with Crippen LogP contribution in [-0.4, -0.2) is 37.6 Å². The van der Waals surface area contributed by atoms with Gasteiger partial charge < -0.3 is 15.5 Å². The summed E-state index contributed by atoms with van der Waals surface area (Å²) in [5.74, 6) is 0.861. The van der Waals surface area contributed by atoms with E-state index in [1.807, 2.05) is 6.07 Å². The molecule has 0 spiro atoms. The summed E-state index contributed by atoms with van der Waals surface area (Å²) >= 11 is 0. The maximum absolute atomic E-state index is 5.84. The van der Waals surface area contributed by atoms with E-state index in [0.29, 0.717) is 0 Å². The van der Waals surface area contributed by atoms with Crippen LogP contribution in [0.3, 0.4) is 0 Å². The number of aryl methyl sites for hydroxylation is 1. The van der Waals surface area contributed by atoms with Gasteiger partial charge in [-0.25, -0.2) is 0 Å². The van der Waals surface area contributed by atoms with Gasteiger partial charge in [0, 0.05) is 31.0 Å². The lowest BCUT2D eigenvalue weighted by Crippen LogP contribution is -2.39. The maximum Gasteiger partial charge on any atom is 0.0397 e. The van der Waals surface area contributed by atoms with Crippen LogP contribution in [0.15, 0.2) is 18.2 Å². The van der Waals surface area contributed by atoms with Crippen molar-refractivity contribution >= 4 is 11.4 Å². The molecule has 0 saturated carbocycles. The number of piperidine rings is 1. The van der Waals surface area contributed by atoms with Gasteiger partial charge in [-0.1, -0.05) is 13.8 Å². The first kappa shape index (κ1) is 15.2. The van der Waals surface area contributed by atoms with E-state index in [-0.39, 0.29) is 0 Å². The third kappa shape index (κ3) is 3.66. The SMILES string of the molecule is CCN(CC)CC1CCN(c2ccc(N)cc2C)CC1. The molecule has 0 aromatic heterocycles. The summed E-state index contributed by atoms with van der Waals surface area (Å²) in [5.41, 5.74) is 9.36. The topological polar surface area (TPSA) is 32.5 Å². The van der Waals surface area contributed by atoms with E-state index in [2.05, 4.69) is 42.7 Å². The summed E-state index contributed by atoms with van der Waals surface area (Å²) in [6.45, 7) is 12.6. The van der Waals surface area contributed by atoms with Crippen molar-refractivity contribution in [2.75, 3.05) is 43.4 Å². The lowest BCUT2D eigenvalue weighted by Gasteiger charge is -2.36. The van der Waals surface area contributed by atoms with Crippen molar-refractivity contribution in [2.24, 2.45) is 5.92 Å². The molecule has 20 heavy (non-hydrogen) atoms. The summed E-state index contributed by atoms with van der Waals surface area (Å²) in [5, 5.41) is 0. The minimum atomic E-state index is 0.861. The number of nitrogens with two attached hydrogens (primary N) is 1. The predicted octanol–water partition coefficient (Wildman–Crippen LogP) is 3.14. The third-order valence-corrected chi connectivity index (χ3v) is 4.59. The molecule has 0 amide bonds. The van der Waals surface area contributed by atoms with Crippen LogP contribution in [0.4, 0.5) is 11.4 Å². The summed E-state index contributed by atoms with van der Waals surface area (Å²) in [6, 6.07) is 6.27. The molecule has 0 aliphatic carbocycles. The van der Waals surface area contributed by atoms with Gasteiger partial charge in [-0.05, 0) is 62.5 Å². The van der Waals surface area contributed by atoms with Crippen LogP contribution in [0.5, 0.6) is 0 Å². The minimum Gasteiger partial charge on any atom is -0.399 e. The Bertz CT molecular complexity index is 418. The molecule has 1 aromatic rings. The van der Waals surface area contributed by atoms with Gasteiger partial charge in [-0.15, -0.1) is 0 Å². The second kappa shape index (κ2) is 6.98. The molecule has 1 aliphatic rings. The van der Waals surface area contributed by atoms with Gasteiger partial charge in [0.05, 0.1) is 0 Å². The number of benzene rings is 1. The van der Waals surface area contributed by atoms with Gasteiger partial charge in [0.1, 0.15) is 0 Å². The Balaban J connectivity index is 1.90. The molecule has 1 heterocycles. The standard InChI is InChI=1S/C17H29N3/c1-4-19(5-2)13-15-8-10-20(11-9-15)17-7-6-16(18)12-14(17)3/h6-7,12,15H,4-5,8-11,13,18H2,1-3H3. The minimum absolute atomic E-state index is 0.861. The Morgan fingerprint density at radius 1 is 1.20 bits per heavy atom. The molecule has 2 N–H and O–H groups in total. The largest absolute Gasteiger partial charge is 0.399 e. The van der Waals surface area contributed by atoms with Crippen molar-refractivity contribution in [1.82, 2.24) is 4.90 Å². The van der Waals surface area contributed by atoms with Crippen molar-refractivity contribution in [3.8, 4) is 0 Å². The highest BCUT2D eigenvalue weighted by Gasteiger charge is 2.21. The van der Waals surface area contributed by atoms with Gasteiger partial charge >= 0.3 is 0 Å². The molecular weight excluding hydrogens is 246 g/mol. The number of rotatable bonds is 5. The normalized spacial score (nSPS) is 16.9. The van der Waals surface area contributed by atoms with E-state index >= 15 is 0 Å². The molecular formula is C17H29N3. The zero-order valence-corrected chi connectivity index (χ0v) is 13.2. The van der Waals surface area contributed by atoms with Crippen molar-refractivity contribution in [2.45, 2.75) is 33.6 Å². The molecule has 0 radical (unpaired) electrons. The predicted molar refractivity (Wildman–Crippen MR) is 88.3 cm³/mol. The maximum atomic E-state index is 5.84. The molecule has 2 rings (SSSR count). The van der Waals surface area contributed by atoms with Crippen molar-refractivity contribution in [1.29, 1.82) is 0 Å². The van der Waals surface area contributed by atoms with Gasteiger partial charge in [0.25, 0.3) is 0 Å². The summed E-state index contributed by atoms with van der Waals surface area (Å²) in [4.78, 5) is 5.07. The van der Waals surface area contributed by atoms with Crippen molar-refractivity contribution in [3.63, 3.8) is 0 Å². The first-order valence-electron chi connectivity index (χ1n) is 7.97. The second-order valence-electron chi connectivity index (χ2n) is 5.96. The lowest BCUT2D eigenvalue weighted by atomic mass is 9.95. The van der Waals surface area contributed by atoms with Crippen LogP contribution in [0.1, 0.15) is 32.3 Å². The Kier molecular flexibility index (Phi) is 5.30. The number of hydrogen-bond acceptors (Lipinski definition) is 3. The van der Waals surface area contributed by atoms with E-state index in [4.69, 9.17) is 5.73 Å². The zero-order chi connectivity index (χ0) is 14.5. The quantitative estimate of drug-likeness (QED) is 0.838. The van der Waals surface area contributed by atoms with Crippen LogP contribution >= 0.6 is 0 Å². The zero-order valence-electron chi connectivity index (χ0n) is 13.2. The molecule has 0 bridgehead atoms. The van der Waals surface area contributed by atoms with Gasteiger partial charge in [0.15, 0.2) is 0 Å². The fraction of sp³-hybridized carbons (Fsp3) is 0.647. The van der Waals surface area contributed by atoms with E-state index in [1.54, 1.807) is 0 Å². The Morgan fingerprint density at radius 3 is 2.40 bits per heavy atom. The highest BCUT2D eigenvalue weighted by atomic mass is 15.1. The molecule has 1 aromatic carbocycles. The van der Waals surface area contributed by atoms with Gasteiger partial charge in [-0.3, -0.25) is 0 Å². The van der Waals surface area contributed by atoms with E-state index in [0.717, 1.165) is 11.6 Å². The highest BCUT2D eigenvalue weighted by Crippen LogP contribution is 2.27. The lowest BCUT2D eigenvalue weighted by molar-refractivity contribution is 0.229. The first-order chi connectivity index (χ1) is 9.63. The van der Waals surface area contributed by atoms with Crippen molar-refractivity contribution in [3.05, 3.63) is 23.8 Å². The van der Waals surface area contributed by atoms with E-state index in [9.17, 15) is 0 Å². The molecule has 112 valence electrons. The van der Waals surface area contributed by atoms with Crippen LogP contribution < -0.4 is 10.6 Å². The van der Waals surface area contributed by atoms with E-state index < -0.39 is 0 Å². The number of hydrogen-bond donors (Lipinski definition) is 1. The molecule has 1 saturated heterocycles. The monoisotopic (exact) mass is 275 g/mol. The second-order valence-corrected chi connectivity index (χ2v) is 5.96. The molecule has 1 fully saturated rings. The number of nitrogen functional groups attached to an aromatic ring is 1. The molecule has 3 nitrogen and oxygen atoms in total. The van der Waals surface area contributed by atoms with Crippen LogP contribution in [-0.2, 0) is 0 Å². The van der Waals surface area contributed by atoms with Crippen LogP contribution in [0.2, 0.25) is 0 Å².